The minimum Gasteiger partial charge on any atom is -0.340 e. The van der Waals surface area contributed by atoms with Gasteiger partial charge in [0.1, 0.15) is 0 Å². The van der Waals surface area contributed by atoms with Gasteiger partial charge in [0.2, 0.25) is 15.9 Å². The highest BCUT2D eigenvalue weighted by molar-refractivity contribution is 7.92. The molecular weight excluding hydrogens is 450 g/mol. The number of amides is 1. The van der Waals surface area contributed by atoms with Crippen LogP contribution in [0, 0.1) is 5.92 Å². The summed E-state index contributed by atoms with van der Waals surface area (Å²) >= 11 is 0. The van der Waals surface area contributed by atoms with Crippen LogP contribution in [-0.2, 0) is 24.7 Å². The summed E-state index contributed by atoms with van der Waals surface area (Å²) in [5, 5.41) is 1.24. The molecule has 176 valence electrons. The van der Waals surface area contributed by atoms with Gasteiger partial charge in [-0.3, -0.25) is 9.69 Å². The first kappa shape index (κ1) is 23.4. The summed E-state index contributed by atoms with van der Waals surface area (Å²) < 4.78 is 50.2. The lowest BCUT2D eigenvalue weighted by atomic mass is 9.96. The highest BCUT2D eigenvalue weighted by atomic mass is 32.2. The molecule has 0 spiro atoms. The van der Waals surface area contributed by atoms with E-state index >= 15 is 0 Å². The molecule has 3 saturated heterocycles. The lowest BCUT2D eigenvalue weighted by molar-refractivity contribution is -0.138. The average Bonchev–Trinajstić information content (AvgIpc) is 3.18. The van der Waals surface area contributed by atoms with E-state index in [2.05, 4.69) is 4.90 Å². The van der Waals surface area contributed by atoms with Gasteiger partial charge in [-0.25, -0.2) is 16.8 Å². The van der Waals surface area contributed by atoms with Crippen molar-refractivity contribution in [3.63, 3.8) is 0 Å². The molecule has 1 aromatic rings. The van der Waals surface area contributed by atoms with E-state index in [1.807, 2.05) is 35.2 Å². The summed E-state index contributed by atoms with van der Waals surface area (Å²) in [6.07, 6.45) is 3.33. The van der Waals surface area contributed by atoms with Gasteiger partial charge in [-0.2, -0.15) is 4.31 Å². The molecule has 0 N–H and O–H groups in total. The molecule has 32 heavy (non-hydrogen) atoms. The molecule has 1 aromatic carbocycles. The Morgan fingerprint density at radius 2 is 1.59 bits per heavy atom. The first-order chi connectivity index (χ1) is 15.2. The summed E-state index contributed by atoms with van der Waals surface area (Å²) in [6, 6.07) is 9.38. The minimum absolute atomic E-state index is 0.0784. The van der Waals surface area contributed by atoms with Crippen molar-refractivity contribution in [1.82, 2.24) is 14.1 Å². The number of nitrogens with zero attached hydrogens (tertiary/aromatic N) is 3. The Labute approximate surface area is 190 Å². The molecular formula is C22H31N3O5S2. The second-order valence-corrected chi connectivity index (χ2v) is 12.9. The molecule has 0 bridgehead atoms. The van der Waals surface area contributed by atoms with Crippen LogP contribution in [0.3, 0.4) is 0 Å². The van der Waals surface area contributed by atoms with Crippen molar-refractivity contribution in [1.29, 1.82) is 0 Å². The van der Waals surface area contributed by atoms with Crippen LogP contribution in [0.25, 0.3) is 6.08 Å². The van der Waals surface area contributed by atoms with E-state index in [-0.39, 0.29) is 29.4 Å². The third kappa shape index (κ3) is 5.59. The number of hydrogen-bond acceptors (Lipinski definition) is 6. The van der Waals surface area contributed by atoms with Crippen LogP contribution in [0.5, 0.6) is 0 Å². The number of carbonyl (C=O) groups is 1. The number of rotatable bonds is 5. The lowest BCUT2D eigenvalue weighted by Gasteiger charge is -2.40. The zero-order valence-electron chi connectivity index (χ0n) is 18.2. The van der Waals surface area contributed by atoms with Crippen molar-refractivity contribution in [2.45, 2.75) is 25.3 Å². The van der Waals surface area contributed by atoms with Crippen LogP contribution < -0.4 is 0 Å². The fourth-order valence-corrected chi connectivity index (χ4v) is 7.78. The number of sulfonamides is 1. The van der Waals surface area contributed by atoms with Crippen LogP contribution in [0.2, 0.25) is 0 Å². The Bertz CT molecular complexity index is 1040. The van der Waals surface area contributed by atoms with Gasteiger partial charge in [0.05, 0.1) is 11.5 Å². The highest BCUT2D eigenvalue weighted by Crippen LogP contribution is 2.24. The highest BCUT2D eigenvalue weighted by Gasteiger charge is 2.36. The zero-order valence-corrected chi connectivity index (χ0v) is 19.8. The van der Waals surface area contributed by atoms with E-state index in [0.717, 1.165) is 5.56 Å². The van der Waals surface area contributed by atoms with Crippen molar-refractivity contribution in [3.8, 4) is 0 Å². The van der Waals surface area contributed by atoms with Crippen molar-refractivity contribution >= 4 is 31.8 Å². The second-order valence-electron chi connectivity index (χ2n) is 8.85. The number of piperazine rings is 1. The second kappa shape index (κ2) is 9.62. The normalized spacial score (nSPS) is 26.0. The molecule has 1 unspecified atom stereocenters. The molecule has 0 radical (unpaired) electrons. The van der Waals surface area contributed by atoms with Gasteiger partial charge >= 0.3 is 0 Å². The van der Waals surface area contributed by atoms with Crippen molar-refractivity contribution in [3.05, 3.63) is 41.3 Å². The lowest BCUT2D eigenvalue weighted by Crippen LogP contribution is -2.54. The number of piperidine rings is 1. The van der Waals surface area contributed by atoms with Gasteiger partial charge in [-0.1, -0.05) is 30.3 Å². The molecule has 1 amide bonds. The van der Waals surface area contributed by atoms with E-state index in [4.69, 9.17) is 0 Å². The Kier molecular flexibility index (Phi) is 7.04. The van der Waals surface area contributed by atoms with Crippen LogP contribution in [-0.4, -0.2) is 93.7 Å². The monoisotopic (exact) mass is 481 g/mol. The first-order valence-corrected chi connectivity index (χ1v) is 14.5. The molecule has 3 aliphatic rings. The van der Waals surface area contributed by atoms with Crippen molar-refractivity contribution in [2.24, 2.45) is 5.92 Å². The van der Waals surface area contributed by atoms with Gasteiger partial charge in [0.15, 0.2) is 9.84 Å². The average molecular weight is 482 g/mol. The zero-order chi connectivity index (χ0) is 22.8. The Balaban J connectivity index is 1.25. The summed E-state index contributed by atoms with van der Waals surface area (Å²) in [7, 11) is -6.42. The summed E-state index contributed by atoms with van der Waals surface area (Å²) in [6.45, 7) is 3.30. The first-order valence-electron chi connectivity index (χ1n) is 11.2. The maximum atomic E-state index is 13.0. The van der Waals surface area contributed by atoms with E-state index in [9.17, 15) is 21.6 Å². The van der Waals surface area contributed by atoms with E-state index in [1.54, 1.807) is 6.08 Å². The molecule has 4 rings (SSSR count). The fourth-order valence-electron chi connectivity index (χ4n) is 4.80. The fraction of sp³-hybridized carbons (Fsp3) is 0.591. The molecule has 3 fully saturated rings. The van der Waals surface area contributed by atoms with Crippen LogP contribution in [0.1, 0.15) is 24.8 Å². The molecule has 0 aliphatic carbocycles. The molecule has 10 heteroatoms. The van der Waals surface area contributed by atoms with Crippen LogP contribution in [0.15, 0.2) is 35.7 Å². The topological polar surface area (TPSA) is 95.1 Å². The number of sulfone groups is 1. The van der Waals surface area contributed by atoms with E-state index in [1.165, 1.54) is 9.71 Å². The summed E-state index contributed by atoms with van der Waals surface area (Å²) in [5.74, 6) is 0.435. The van der Waals surface area contributed by atoms with Crippen LogP contribution >= 0.6 is 0 Å². The predicted octanol–water partition coefficient (Wildman–Crippen LogP) is 1.03. The maximum Gasteiger partial charge on any atom is 0.236 e. The standard InChI is InChI=1S/C22H31N3O5S2/c26-22(24-14-12-23(13-15-24)21-9-16-31(27,28)18-21)20-6-10-25(11-7-20)32(29,30)17-8-19-4-2-1-3-5-19/h1-5,8,17,20-21H,6-7,9-16,18H2. The predicted molar refractivity (Wildman–Crippen MR) is 124 cm³/mol. The smallest absolute Gasteiger partial charge is 0.236 e. The molecule has 1 atom stereocenters. The summed E-state index contributed by atoms with van der Waals surface area (Å²) in [4.78, 5) is 17.0. The minimum atomic E-state index is -3.51. The van der Waals surface area contributed by atoms with E-state index in [0.29, 0.717) is 58.5 Å². The van der Waals surface area contributed by atoms with E-state index < -0.39 is 19.9 Å². The summed E-state index contributed by atoms with van der Waals surface area (Å²) in [5.41, 5.74) is 0.829. The molecule has 8 nitrogen and oxygen atoms in total. The number of benzene rings is 1. The number of hydrogen-bond donors (Lipinski definition) is 0. The van der Waals surface area contributed by atoms with Crippen LogP contribution in [0.4, 0.5) is 0 Å². The van der Waals surface area contributed by atoms with Gasteiger partial charge in [-0.15, -0.1) is 0 Å². The Morgan fingerprint density at radius 1 is 0.938 bits per heavy atom. The van der Waals surface area contributed by atoms with Gasteiger partial charge in [-0.05, 0) is 30.9 Å². The Hall–Kier alpha value is -1.75. The van der Waals surface area contributed by atoms with Gasteiger partial charge < -0.3 is 4.90 Å². The maximum absolute atomic E-state index is 13.0. The molecule has 0 saturated carbocycles. The van der Waals surface area contributed by atoms with Crippen molar-refractivity contribution in [2.75, 3.05) is 50.8 Å². The third-order valence-corrected chi connectivity index (χ3v) is 10.1. The quantitative estimate of drug-likeness (QED) is 0.624. The third-order valence-electron chi connectivity index (χ3n) is 6.75. The Morgan fingerprint density at radius 3 is 2.19 bits per heavy atom. The van der Waals surface area contributed by atoms with Gasteiger partial charge in [0.25, 0.3) is 0 Å². The van der Waals surface area contributed by atoms with Crippen molar-refractivity contribution < 1.29 is 21.6 Å². The SMILES string of the molecule is O=C(C1CCN(S(=O)(=O)C=Cc2ccccc2)CC1)N1CCN(C2CCS(=O)(=O)C2)CC1. The molecule has 3 heterocycles. The van der Waals surface area contributed by atoms with Gasteiger partial charge in [0, 0.05) is 56.6 Å². The number of carbonyl (C=O) groups excluding carboxylic acids is 1. The largest absolute Gasteiger partial charge is 0.340 e. The molecule has 0 aromatic heterocycles. The molecule has 3 aliphatic heterocycles.